The molecule has 0 saturated heterocycles. The number of para-hydroxylation sites is 1. The Bertz CT molecular complexity index is 729. The van der Waals surface area contributed by atoms with E-state index in [1.54, 1.807) is 7.11 Å². The van der Waals surface area contributed by atoms with Crippen LogP contribution in [0.2, 0.25) is 0 Å². The van der Waals surface area contributed by atoms with E-state index in [1.165, 1.54) is 11.1 Å². The average Bonchev–Trinajstić information content (AvgIpc) is 2.69. The number of anilines is 1. The molecule has 2 N–H and O–H groups in total. The molecule has 0 aromatic heterocycles. The maximum Gasteiger partial charge on any atom is 0.239 e. The third kappa shape index (κ3) is 6.19. The van der Waals surface area contributed by atoms with E-state index in [4.69, 9.17) is 9.47 Å². The number of amides is 1. The Morgan fingerprint density at radius 2 is 1.50 bits per heavy atom. The minimum atomic E-state index is -0.0494. The van der Waals surface area contributed by atoms with Crippen LogP contribution in [0.1, 0.15) is 50.7 Å². The molecule has 1 amide bonds. The highest BCUT2D eigenvalue weighted by atomic mass is 16.5. The van der Waals surface area contributed by atoms with Crippen LogP contribution in [0.3, 0.4) is 0 Å². The topological polar surface area (TPSA) is 59.6 Å². The van der Waals surface area contributed by atoms with E-state index in [0.717, 1.165) is 17.2 Å². The van der Waals surface area contributed by atoms with Crippen molar-refractivity contribution in [3.63, 3.8) is 0 Å². The molecule has 0 aliphatic heterocycles. The van der Waals surface area contributed by atoms with Crippen molar-refractivity contribution in [2.75, 3.05) is 32.1 Å². The highest BCUT2D eigenvalue weighted by molar-refractivity contribution is 5.81. The number of methoxy groups -OCH3 is 1. The largest absolute Gasteiger partial charge is 0.497 e. The average molecular weight is 385 g/mol. The predicted octanol–water partition coefficient (Wildman–Crippen LogP) is 4.55. The molecule has 5 heteroatoms. The van der Waals surface area contributed by atoms with Gasteiger partial charge in [0.25, 0.3) is 0 Å². The molecule has 0 aliphatic carbocycles. The maximum absolute atomic E-state index is 12.2. The summed E-state index contributed by atoms with van der Waals surface area (Å²) in [6.45, 7) is 9.78. The monoisotopic (exact) mass is 384 g/mol. The number of benzene rings is 2. The fraction of sp³-hybridized carbons (Fsp3) is 0.435. The smallest absolute Gasteiger partial charge is 0.239 e. The van der Waals surface area contributed by atoms with Gasteiger partial charge >= 0.3 is 0 Å². The second-order valence-electron chi connectivity index (χ2n) is 7.35. The summed E-state index contributed by atoms with van der Waals surface area (Å²) in [5.74, 6) is 2.27. The highest BCUT2D eigenvalue weighted by Gasteiger charge is 2.14. The molecule has 0 spiro atoms. The zero-order valence-electron chi connectivity index (χ0n) is 17.5. The van der Waals surface area contributed by atoms with Crippen LogP contribution in [0, 0.1) is 0 Å². The summed E-state index contributed by atoms with van der Waals surface area (Å²) in [5, 5.41) is 6.24. The second kappa shape index (κ2) is 10.6. The summed E-state index contributed by atoms with van der Waals surface area (Å²) in [4.78, 5) is 12.2. The molecule has 28 heavy (non-hydrogen) atoms. The molecule has 0 bridgehead atoms. The fourth-order valence-corrected chi connectivity index (χ4v) is 3.02. The summed E-state index contributed by atoms with van der Waals surface area (Å²) >= 11 is 0. The molecular formula is C23H32N2O3. The van der Waals surface area contributed by atoms with Crippen molar-refractivity contribution in [1.29, 1.82) is 0 Å². The van der Waals surface area contributed by atoms with Crippen LogP contribution >= 0.6 is 0 Å². The van der Waals surface area contributed by atoms with Crippen LogP contribution in [-0.2, 0) is 4.79 Å². The molecule has 0 atom stereocenters. The first-order valence-electron chi connectivity index (χ1n) is 9.82. The van der Waals surface area contributed by atoms with Gasteiger partial charge in [0.1, 0.15) is 18.1 Å². The number of rotatable bonds is 10. The van der Waals surface area contributed by atoms with Crippen LogP contribution in [-0.4, -0.2) is 32.7 Å². The van der Waals surface area contributed by atoms with Crippen molar-refractivity contribution in [3.8, 4) is 11.5 Å². The molecule has 0 unspecified atom stereocenters. The lowest BCUT2D eigenvalue weighted by Crippen LogP contribution is -2.33. The van der Waals surface area contributed by atoms with Crippen LogP contribution in [0.5, 0.6) is 11.5 Å². The van der Waals surface area contributed by atoms with E-state index in [0.29, 0.717) is 25.0 Å². The van der Waals surface area contributed by atoms with Gasteiger partial charge in [0.05, 0.1) is 20.2 Å². The molecule has 0 saturated carbocycles. The van der Waals surface area contributed by atoms with Crippen molar-refractivity contribution < 1.29 is 14.3 Å². The number of carbonyl (C=O) groups is 1. The van der Waals surface area contributed by atoms with E-state index in [-0.39, 0.29) is 12.5 Å². The Kier molecular flexibility index (Phi) is 8.18. The molecule has 2 aromatic carbocycles. The number of ether oxygens (including phenoxy) is 2. The van der Waals surface area contributed by atoms with E-state index in [1.807, 2.05) is 24.3 Å². The third-order valence-electron chi connectivity index (χ3n) is 4.55. The Hall–Kier alpha value is -2.69. The Morgan fingerprint density at radius 1 is 0.929 bits per heavy atom. The first kappa shape index (κ1) is 21.6. The van der Waals surface area contributed by atoms with Crippen molar-refractivity contribution in [3.05, 3.63) is 53.6 Å². The SMILES string of the molecule is COc1ccc(OCCNC(=O)CNc2c(C(C)C)cccc2C(C)C)cc1. The van der Waals surface area contributed by atoms with E-state index in [2.05, 4.69) is 56.5 Å². The lowest BCUT2D eigenvalue weighted by Gasteiger charge is -2.20. The zero-order chi connectivity index (χ0) is 20.5. The number of hydrogen-bond acceptors (Lipinski definition) is 4. The maximum atomic E-state index is 12.2. The first-order chi connectivity index (χ1) is 13.4. The molecule has 5 nitrogen and oxygen atoms in total. The van der Waals surface area contributed by atoms with Gasteiger partial charge in [-0.05, 0) is 47.2 Å². The number of nitrogens with one attached hydrogen (secondary N) is 2. The van der Waals surface area contributed by atoms with Crippen molar-refractivity contribution in [1.82, 2.24) is 5.32 Å². The van der Waals surface area contributed by atoms with Gasteiger partial charge in [-0.1, -0.05) is 45.9 Å². The number of carbonyl (C=O) groups excluding carboxylic acids is 1. The molecule has 0 aliphatic rings. The lowest BCUT2D eigenvalue weighted by atomic mass is 9.92. The predicted molar refractivity (Wildman–Crippen MR) is 115 cm³/mol. The second-order valence-corrected chi connectivity index (χ2v) is 7.35. The van der Waals surface area contributed by atoms with Crippen LogP contribution in [0.15, 0.2) is 42.5 Å². The van der Waals surface area contributed by atoms with Gasteiger partial charge in [-0.25, -0.2) is 0 Å². The first-order valence-corrected chi connectivity index (χ1v) is 9.82. The van der Waals surface area contributed by atoms with Gasteiger partial charge in [0, 0.05) is 5.69 Å². The third-order valence-corrected chi connectivity index (χ3v) is 4.55. The van der Waals surface area contributed by atoms with Gasteiger partial charge in [-0.15, -0.1) is 0 Å². The summed E-state index contributed by atoms with van der Waals surface area (Å²) < 4.78 is 10.7. The lowest BCUT2D eigenvalue weighted by molar-refractivity contribution is -0.119. The molecule has 2 rings (SSSR count). The van der Waals surface area contributed by atoms with Crippen molar-refractivity contribution in [2.45, 2.75) is 39.5 Å². The number of hydrogen-bond donors (Lipinski definition) is 2. The molecule has 2 aromatic rings. The van der Waals surface area contributed by atoms with Gasteiger partial charge in [-0.2, -0.15) is 0 Å². The minimum Gasteiger partial charge on any atom is -0.497 e. The van der Waals surface area contributed by atoms with E-state index in [9.17, 15) is 4.79 Å². The Morgan fingerprint density at radius 3 is 2.04 bits per heavy atom. The van der Waals surface area contributed by atoms with Gasteiger partial charge in [-0.3, -0.25) is 4.79 Å². The summed E-state index contributed by atoms with van der Waals surface area (Å²) in [6.07, 6.45) is 0. The van der Waals surface area contributed by atoms with E-state index >= 15 is 0 Å². The zero-order valence-corrected chi connectivity index (χ0v) is 17.5. The fourth-order valence-electron chi connectivity index (χ4n) is 3.02. The Balaban J connectivity index is 1.82. The minimum absolute atomic E-state index is 0.0494. The van der Waals surface area contributed by atoms with Crippen molar-refractivity contribution in [2.24, 2.45) is 0 Å². The van der Waals surface area contributed by atoms with Crippen LogP contribution < -0.4 is 20.1 Å². The highest BCUT2D eigenvalue weighted by Crippen LogP contribution is 2.32. The van der Waals surface area contributed by atoms with E-state index < -0.39 is 0 Å². The summed E-state index contributed by atoms with van der Waals surface area (Å²) in [5.41, 5.74) is 3.56. The van der Waals surface area contributed by atoms with Gasteiger partial charge in [0.15, 0.2) is 0 Å². The summed E-state index contributed by atoms with van der Waals surface area (Å²) in [6, 6.07) is 13.7. The molecule has 0 radical (unpaired) electrons. The summed E-state index contributed by atoms with van der Waals surface area (Å²) in [7, 11) is 1.63. The molecular weight excluding hydrogens is 352 g/mol. The van der Waals surface area contributed by atoms with Crippen LogP contribution in [0.25, 0.3) is 0 Å². The van der Waals surface area contributed by atoms with Gasteiger partial charge in [0.2, 0.25) is 5.91 Å². The van der Waals surface area contributed by atoms with Gasteiger partial charge < -0.3 is 20.1 Å². The normalized spacial score (nSPS) is 10.8. The molecule has 152 valence electrons. The van der Waals surface area contributed by atoms with Crippen molar-refractivity contribution >= 4 is 11.6 Å². The molecule has 0 heterocycles. The quantitative estimate of drug-likeness (QED) is 0.590. The molecule has 0 fully saturated rings. The standard InChI is InChI=1S/C23H32N2O3/c1-16(2)20-7-6-8-21(17(3)4)23(20)25-15-22(26)24-13-14-28-19-11-9-18(27-5)10-12-19/h6-12,16-17,25H,13-15H2,1-5H3,(H,24,26). The van der Waals surface area contributed by atoms with Crippen LogP contribution in [0.4, 0.5) is 5.69 Å². The Labute approximate surface area is 168 Å².